The fourth-order valence-corrected chi connectivity index (χ4v) is 5.36. The molecule has 47 heavy (non-hydrogen) atoms. The molecule has 0 N–H and O–H groups in total. The van der Waals surface area contributed by atoms with Gasteiger partial charge in [-0.1, -0.05) is 24.4 Å². The zero-order valence-electron chi connectivity index (χ0n) is 25.9. The van der Waals surface area contributed by atoms with Crippen LogP contribution in [0.2, 0.25) is 5.02 Å². The molecule has 4 aromatic heterocycles. The Labute approximate surface area is 272 Å². The summed E-state index contributed by atoms with van der Waals surface area (Å²) >= 11 is 5.87. The lowest BCUT2D eigenvalue weighted by atomic mass is 9.63. The number of pyridine rings is 4. The van der Waals surface area contributed by atoms with E-state index in [1.54, 1.807) is 24.3 Å². The molecule has 0 aromatic carbocycles. The van der Waals surface area contributed by atoms with Gasteiger partial charge in [-0.05, 0) is 37.8 Å². The van der Waals surface area contributed by atoms with E-state index in [0.717, 1.165) is 25.5 Å². The number of methoxy groups -OCH3 is 4. The molecule has 2 saturated carbocycles. The Kier molecular flexibility index (Phi) is 11.0. The summed E-state index contributed by atoms with van der Waals surface area (Å²) in [6.07, 6.45) is 7.31. The first-order chi connectivity index (χ1) is 22.5. The van der Waals surface area contributed by atoms with Crippen molar-refractivity contribution >= 4 is 57.0 Å². The van der Waals surface area contributed by atoms with Crippen LogP contribution in [0.1, 0.15) is 44.1 Å². The fourth-order valence-electron chi connectivity index (χ4n) is 5.10. The SMILES string of the molecule is COC(=O)C1(c2c([N+](=O)[O-])cnc3ccc(OC)nc23)CCC1.COC(=O)C1CCC1.COc1ccc2ncc([N+](=O)[O-])c(Cl)c2n1. The highest BCUT2D eigenvalue weighted by atomic mass is 35.5. The first-order valence-corrected chi connectivity index (χ1v) is 14.7. The van der Waals surface area contributed by atoms with Crippen molar-refractivity contribution in [2.45, 2.75) is 43.9 Å². The van der Waals surface area contributed by atoms with Crippen LogP contribution < -0.4 is 9.47 Å². The number of nitrogens with zero attached hydrogens (tertiary/aromatic N) is 6. The van der Waals surface area contributed by atoms with Crippen molar-refractivity contribution < 1.29 is 38.4 Å². The third-order valence-corrected chi connectivity index (χ3v) is 8.36. The van der Waals surface area contributed by atoms with Crippen LogP contribution in [0.3, 0.4) is 0 Å². The van der Waals surface area contributed by atoms with E-state index >= 15 is 0 Å². The van der Waals surface area contributed by atoms with Crippen LogP contribution >= 0.6 is 11.6 Å². The van der Waals surface area contributed by atoms with Crippen molar-refractivity contribution in [3.8, 4) is 11.8 Å². The van der Waals surface area contributed by atoms with E-state index in [1.165, 1.54) is 41.1 Å². The van der Waals surface area contributed by atoms with Crippen LogP contribution in [0, 0.1) is 26.1 Å². The van der Waals surface area contributed by atoms with Gasteiger partial charge in [-0.3, -0.25) is 29.8 Å². The first kappa shape index (κ1) is 34.6. The molecule has 0 saturated heterocycles. The van der Waals surface area contributed by atoms with Crippen LogP contribution in [0.15, 0.2) is 36.7 Å². The van der Waals surface area contributed by atoms with Gasteiger partial charge in [-0.2, -0.15) is 0 Å². The van der Waals surface area contributed by atoms with E-state index in [4.69, 9.17) is 25.8 Å². The van der Waals surface area contributed by atoms with Gasteiger partial charge >= 0.3 is 17.6 Å². The molecule has 0 unspecified atom stereocenters. The molecule has 2 aliphatic rings. The van der Waals surface area contributed by atoms with Gasteiger partial charge in [0, 0.05) is 12.1 Å². The van der Waals surface area contributed by atoms with Gasteiger partial charge in [0.25, 0.3) is 5.69 Å². The Balaban J connectivity index is 0.000000180. The second kappa shape index (κ2) is 14.9. The summed E-state index contributed by atoms with van der Waals surface area (Å²) in [5.41, 5.74) is 0.261. The molecule has 0 bridgehead atoms. The number of aromatic nitrogens is 4. The zero-order valence-corrected chi connectivity index (χ0v) is 26.7. The lowest BCUT2D eigenvalue weighted by Gasteiger charge is -2.38. The summed E-state index contributed by atoms with van der Waals surface area (Å²) in [5.74, 6) is 0.359. The third kappa shape index (κ3) is 7.11. The number of carbonyl (C=O) groups is 2. The quantitative estimate of drug-likeness (QED) is 0.139. The highest BCUT2D eigenvalue weighted by Crippen LogP contribution is 2.50. The van der Waals surface area contributed by atoms with Gasteiger partial charge in [-0.25, -0.2) is 19.9 Å². The van der Waals surface area contributed by atoms with Crippen LogP contribution in [-0.4, -0.2) is 70.2 Å². The van der Waals surface area contributed by atoms with Crippen molar-refractivity contribution in [2.75, 3.05) is 28.4 Å². The maximum Gasteiger partial charge on any atom is 0.316 e. The third-order valence-electron chi connectivity index (χ3n) is 7.99. The number of fused-ring (bicyclic) bond motifs is 2. The summed E-state index contributed by atoms with van der Waals surface area (Å²) in [6.45, 7) is 0. The molecule has 0 atom stereocenters. The monoisotopic (exact) mass is 670 g/mol. The molecule has 0 spiro atoms. The van der Waals surface area contributed by atoms with Crippen LogP contribution in [0.5, 0.6) is 11.8 Å². The van der Waals surface area contributed by atoms with Crippen molar-refractivity contribution in [1.29, 1.82) is 0 Å². The Morgan fingerprint density at radius 3 is 1.74 bits per heavy atom. The van der Waals surface area contributed by atoms with Crippen LogP contribution in [-0.2, 0) is 24.5 Å². The number of ether oxygens (including phenoxy) is 4. The van der Waals surface area contributed by atoms with Crippen LogP contribution in [0.4, 0.5) is 11.4 Å². The molecule has 17 heteroatoms. The maximum atomic E-state index is 12.4. The average Bonchev–Trinajstić information content (AvgIpc) is 3.03. The average molecular weight is 671 g/mol. The predicted molar refractivity (Wildman–Crippen MR) is 167 cm³/mol. The minimum Gasteiger partial charge on any atom is -0.481 e. The molecule has 0 amide bonds. The lowest BCUT2D eigenvalue weighted by molar-refractivity contribution is -0.386. The van der Waals surface area contributed by atoms with E-state index in [0.29, 0.717) is 41.2 Å². The number of hydrogen-bond donors (Lipinski definition) is 0. The summed E-state index contributed by atoms with van der Waals surface area (Å²) in [6, 6.07) is 6.53. The number of nitro groups is 2. The molecule has 0 radical (unpaired) electrons. The number of esters is 2. The number of rotatable bonds is 7. The first-order valence-electron chi connectivity index (χ1n) is 14.3. The van der Waals surface area contributed by atoms with Gasteiger partial charge in [0.1, 0.15) is 33.9 Å². The smallest absolute Gasteiger partial charge is 0.316 e. The lowest BCUT2D eigenvalue weighted by Crippen LogP contribution is -2.44. The van der Waals surface area contributed by atoms with E-state index in [9.17, 15) is 29.8 Å². The molecule has 0 aliphatic heterocycles. The second-order valence-electron chi connectivity index (χ2n) is 10.5. The van der Waals surface area contributed by atoms with Crippen molar-refractivity contribution in [1.82, 2.24) is 19.9 Å². The van der Waals surface area contributed by atoms with Crippen molar-refractivity contribution in [2.24, 2.45) is 5.92 Å². The zero-order chi connectivity index (χ0) is 34.3. The Morgan fingerprint density at radius 2 is 1.34 bits per heavy atom. The molecule has 16 nitrogen and oxygen atoms in total. The Morgan fingerprint density at radius 1 is 0.809 bits per heavy atom. The topological polar surface area (TPSA) is 209 Å². The number of carbonyl (C=O) groups excluding carboxylic acids is 2. The molecular weight excluding hydrogens is 640 g/mol. The Bertz CT molecular complexity index is 1830. The van der Waals surface area contributed by atoms with E-state index < -0.39 is 21.2 Å². The molecule has 4 aromatic rings. The van der Waals surface area contributed by atoms with Gasteiger partial charge in [-0.15, -0.1) is 0 Å². The summed E-state index contributed by atoms with van der Waals surface area (Å²) < 4.78 is 19.4. The van der Waals surface area contributed by atoms with Gasteiger partial charge in [0.15, 0.2) is 0 Å². The van der Waals surface area contributed by atoms with E-state index in [1.807, 2.05) is 0 Å². The molecule has 2 aliphatic carbocycles. The van der Waals surface area contributed by atoms with Crippen molar-refractivity contribution in [3.63, 3.8) is 0 Å². The largest absolute Gasteiger partial charge is 0.481 e. The minimum absolute atomic E-state index is 0.0312. The normalized spacial score (nSPS) is 14.6. The van der Waals surface area contributed by atoms with Gasteiger partial charge in [0.05, 0.1) is 60.8 Å². The molecule has 2 fully saturated rings. The Hall–Kier alpha value is -5.25. The predicted octanol–water partition coefficient (Wildman–Crippen LogP) is 5.30. The molecule has 248 valence electrons. The summed E-state index contributed by atoms with van der Waals surface area (Å²) in [4.78, 5) is 60.2. The maximum absolute atomic E-state index is 12.4. The highest BCUT2D eigenvalue weighted by Gasteiger charge is 2.52. The van der Waals surface area contributed by atoms with Gasteiger partial charge in [0.2, 0.25) is 11.8 Å². The van der Waals surface area contributed by atoms with Crippen molar-refractivity contribution in [3.05, 3.63) is 67.5 Å². The highest BCUT2D eigenvalue weighted by molar-refractivity contribution is 6.36. The summed E-state index contributed by atoms with van der Waals surface area (Å²) in [7, 11) is 5.64. The number of halogens is 1. The second-order valence-corrected chi connectivity index (χ2v) is 10.9. The van der Waals surface area contributed by atoms with Gasteiger partial charge < -0.3 is 18.9 Å². The minimum atomic E-state index is -1.04. The molecular formula is C30H31ClN6O10. The van der Waals surface area contributed by atoms with Crippen LogP contribution in [0.25, 0.3) is 22.1 Å². The standard InChI is InChI=1S/C15H15N3O5.C9H6ClN3O3.C6H10O2/c1-22-11-5-4-9-13(17-11)12(10(8-16-9)18(20)21)15(6-3-7-15)14(19)23-2;1-16-7-3-2-5-9(12-7)8(10)6(4-11-5)13(14)15;1-8-6(7)5-3-2-4-5/h4-5,8H,3,6-7H2,1-2H3;2-4H,1H3;5H,2-4H2,1H3. The van der Waals surface area contributed by atoms with E-state index in [-0.39, 0.29) is 39.4 Å². The number of hydrogen-bond acceptors (Lipinski definition) is 14. The molecule has 6 rings (SSSR count). The van der Waals surface area contributed by atoms with E-state index in [2.05, 4.69) is 24.7 Å². The summed E-state index contributed by atoms with van der Waals surface area (Å²) in [5, 5.41) is 22.1. The molecule has 4 heterocycles. The fraction of sp³-hybridized carbons (Fsp3) is 0.400.